The molecule has 3 atom stereocenters. The van der Waals surface area contributed by atoms with Gasteiger partial charge in [0.1, 0.15) is 0 Å². The van der Waals surface area contributed by atoms with Crippen LogP contribution in [0.15, 0.2) is 169 Å². The van der Waals surface area contributed by atoms with Gasteiger partial charge < -0.3 is 0 Å². The van der Waals surface area contributed by atoms with Gasteiger partial charge in [0.15, 0.2) is 0 Å². The Hall–Kier alpha value is -5.20. The van der Waals surface area contributed by atoms with Gasteiger partial charge in [0, 0.05) is 0 Å². The second kappa shape index (κ2) is 17.0. The predicted molar refractivity (Wildman–Crippen MR) is 252 cm³/mol. The van der Waals surface area contributed by atoms with Gasteiger partial charge in [-0.25, -0.2) is 0 Å². The van der Waals surface area contributed by atoms with Crippen molar-refractivity contribution in [2.45, 2.75) is 97.8 Å². The summed E-state index contributed by atoms with van der Waals surface area (Å²) in [7, 11) is 0. The van der Waals surface area contributed by atoms with E-state index in [1.54, 1.807) is 0 Å². The van der Waals surface area contributed by atoms with Crippen LogP contribution < -0.4 is 0 Å². The van der Waals surface area contributed by atoms with Gasteiger partial charge in [-0.05, 0) is 157 Å². The Morgan fingerprint density at radius 2 is 0.983 bits per heavy atom. The predicted octanol–water partition coefficient (Wildman–Crippen LogP) is 15.7. The van der Waals surface area contributed by atoms with Crippen LogP contribution in [0.4, 0.5) is 0 Å². The molecule has 0 amide bonds. The molecule has 0 heterocycles. The molecule has 0 spiro atoms. The van der Waals surface area contributed by atoms with E-state index >= 15 is 0 Å². The third-order valence-corrected chi connectivity index (χ3v) is 13.2. The molecule has 0 fully saturated rings. The minimum absolute atomic E-state index is 0.158. The number of fused-ring (bicyclic) bond motifs is 5. The van der Waals surface area contributed by atoms with Crippen LogP contribution in [0.1, 0.15) is 100 Å². The Morgan fingerprint density at radius 3 is 1.50 bits per heavy atom. The van der Waals surface area contributed by atoms with E-state index in [1.165, 1.54) is 71.3 Å². The summed E-state index contributed by atoms with van der Waals surface area (Å²) in [5.41, 5.74) is 10.5. The average molecular weight is 759 g/mol. The summed E-state index contributed by atoms with van der Waals surface area (Å²) in [6, 6.07) is 55.2. The molecule has 8 rings (SSSR count). The van der Waals surface area contributed by atoms with Gasteiger partial charge in [0.2, 0.25) is 0 Å². The summed E-state index contributed by atoms with van der Waals surface area (Å²) in [4.78, 5) is 0. The Labute approximate surface area is 348 Å². The van der Waals surface area contributed by atoms with Crippen molar-refractivity contribution in [1.82, 2.24) is 0 Å². The lowest BCUT2D eigenvalue weighted by molar-refractivity contribution is 0.292. The molecule has 0 bridgehead atoms. The van der Waals surface area contributed by atoms with Crippen LogP contribution in [0.3, 0.4) is 0 Å². The van der Waals surface area contributed by atoms with Gasteiger partial charge in [-0.1, -0.05) is 193 Å². The highest BCUT2D eigenvalue weighted by Crippen LogP contribution is 2.40. The molecule has 3 unspecified atom stereocenters. The molecule has 7 aromatic rings. The van der Waals surface area contributed by atoms with Crippen molar-refractivity contribution >= 4 is 32.3 Å². The van der Waals surface area contributed by atoms with Gasteiger partial charge in [-0.3, -0.25) is 0 Å². The number of aryl methyl sites for hydroxylation is 2. The summed E-state index contributed by atoms with van der Waals surface area (Å²) in [6.07, 6.45) is 15.1. The van der Waals surface area contributed by atoms with E-state index in [-0.39, 0.29) is 10.8 Å². The number of hydrogen-bond acceptors (Lipinski definition) is 0. The largest absolute Gasteiger partial charge is 0.0804 e. The molecular formula is C58H62. The van der Waals surface area contributed by atoms with E-state index in [9.17, 15) is 0 Å². The molecule has 0 aromatic heterocycles. The number of benzene rings is 7. The topological polar surface area (TPSA) is 0 Å². The maximum Gasteiger partial charge on any atom is -0.00960 e. The van der Waals surface area contributed by atoms with Crippen molar-refractivity contribution in [3.05, 3.63) is 203 Å². The average Bonchev–Trinajstić information content (AvgIpc) is 3.24. The van der Waals surface area contributed by atoms with Crippen LogP contribution in [0.5, 0.6) is 0 Å². The Bertz CT molecular complexity index is 2540. The lowest BCUT2D eigenvalue weighted by Crippen LogP contribution is -2.20. The maximum absolute atomic E-state index is 2.56. The molecule has 58 heavy (non-hydrogen) atoms. The first-order valence-corrected chi connectivity index (χ1v) is 21.9. The zero-order valence-corrected chi connectivity index (χ0v) is 35.8. The highest BCUT2D eigenvalue weighted by molar-refractivity contribution is 6.19. The minimum Gasteiger partial charge on any atom is -0.0804 e. The van der Waals surface area contributed by atoms with E-state index in [2.05, 4.69) is 205 Å². The number of hydrogen-bond donors (Lipinski definition) is 0. The Morgan fingerprint density at radius 1 is 0.500 bits per heavy atom. The molecule has 0 N–H and O–H groups in total. The normalized spacial score (nSPS) is 15.8. The van der Waals surface area contributed by atoms with Crippen molar-refractivity contribution < 1.29 is 0 Å². The van der Waals surface area contributed by atoms with Gasteiger partial charge in [-0.15, -0.1) is 0 Å². The Balaban J connectivity index is 1.12. The van der Waals surface area contributed by atoms with Crippen LogP contribution in [-0.4, -0.2) is 0 Å². The second-order valence-electron chi connectivity index (χ2n) is 19.3. The third-order valence-electron chi connectivity index (χ3n) is 13.2. The van der Waals surface area contributed by atoms with E-state index in [4.69, 9.17) is 0 Å². The molecule has 0 nitrogen and oxygen atoms in total. The lowest BCUT2D eigenvalue weighted by atomic mass is 9.74. The zero-order chi connectivity index (χ0) is 40.3. The van der Waals surface area contributed by atoms with Gasteiger partial charge in [0.05, 0.1) is 0 Å². The van der Waals surface area contributed by atoms with Crippen molar-refractivity contribution in [2.75, 3.05) is 0 Å². The molecule has 0 saturated heterocycles. The molecule has 0 saturated carbocycles. The summed E-state index contributed by atoms with van der Waals surface area (Å²) in [5.74, 6) is 1.50. The fraction of sp³-hybridized carbons (Fsp3) is 0.310. The first-order valence-electron chi connectivity index (χ1n) is 21.9. The quantitative estimate of drug-likeness (QED) is 0.109. The summed E-state index contributed by atoms with van der Waals surface area (Å²) in [5, 5.41) is 8.32. The monoisotopic (exact) mass is 758 g/mol. The molecular weight excluding hydrogens is 697 g/mol. The standard InChI is InChI=1S/C58H62/c1-57(2,3)49-33-25-42(26-34-49)38-45(43-19-11-8-12-20-43)27-29-47-39-55-54-24-16-14-22-52(54)48(40-56(55)53-23-15-13-21-51(47)53)30-28-46(37-41-17-9-7-10-18-41)44-31-35-50(36-32-44)58(4,5)6/h7-26,31-35,39-40,45-46,50H,27-30,36-38H2,1-6H3. The third kappa shape index (κ3) is 8.93. The van der Waals surface area contributed by atoms with Crippen LogP contribution in [0.2, 0.25) is 0 Å². The first-order chi connectivity index (χ1) is 28.0. The van der Waals surface area contributed by atoms with E-state index in [1.807, 2.05) is 0 Å². The van der Waals surface area contributed by atoms with Crippen molar-refractivity contribution in [2.24, 2.45) is 17.3 Å². The SMILES string of the molecule is CC(C)(C)c1ccc(CC(CCc2cc3c4ccccc4c(CCC(Cc4ccccc4)C4=CCC(C(C)(C)C)C=C4)cc3c3ccccc23)c2ccccc2)cc1. The molecule has 0 radical (unpaired) electrons. The smallest absolute Gasteiger partial charge is 0.00960 e. The molecule has 0 heteroatoms. The van der Waals surface area contributed by atoms with Crippen LogP contribution in [0.25, 0.3) is 32.3 Å². The van der Waals surface area contributed by atoms with Gasteiger partial charge >= 0.3 is 0 Å². The van der Waals surface area contributed by atoms with E-state index in [0.29, 0.717) is 17.8 Å². The number of rotatable bonds is 12. The van der Waals surface area contributed by atoms with Crippen molar-refractivity contribution in [3.63, 3.8) is 0 Å². The summed E-state index contributed by atoms with van der Waals surface area (Å²) < 4.78 is 0. The lowest BCUT2D eigenvalue weighted by Gasteiger charge is -2.31. The fourth-order valence-corrected chi connectivity index (χ4v) is 9.58. The molecule has 1 aliphatic carbocycles. The van der Waals surface area contributed by atoms with Crippen LogP contribution >= 0.6 is 0 Å². The molecule has 0 aliphatic heterocycles. The van der Waals surface area contributed by atoms with E-state index in [0.717, 1.165) is 44.9 Å². The van der Waals surface area contributed by atoms with Crippen LogP contribution in [0, 0.1) is 17.3 Å². The van der Waals surface area contributed by atoms with Crippen LogP contribution in [-0.2, 0) is 31.1 Å². The first kappa shape index (κ1) is 39.6. The molecule has 1 aliphatic rings. The maximum atomic E-state index is 2.56. The zero-order valence-electron chi connectivity index (χ0n) is 35.8. The minimum atomic E-state index is 0.158. The van der Waals surface area contributed by atoms with E-state index < -0.39 is 0 Å². The van der Waals surface area contributed by atoms with Crippen molar-refractivity contribution in [3.8, 4) is 0 Å². The number of allylic oxidation sites excluding steroid dienone is 4. The highest BCUT2D eigenvalue weighted by atomic mass is 14.3. The van der Waals surface area contributed by atoms with Gasteiger partial charge in [0.25, 0.3) is 0 Å². The fourth-order valence-electron chi connectivity index (χ4n) is 9.58. The summed E-state index contributed by atoms with van der Waals surface area (Å²) in [6.45, 7) is 14.0. The van der Waals surface area contributed by atoms with Crippen molar-refractivity contribution in [1.29, 1.82) is 0 Å². The molecule has 294 valence electrons. The van der Waals surface area contributed by atoms with Gasteiger partial charge in [-0.2, -0.15) is 0 Å². The highest BCUT2D eigenvalue weighted by Gasteiger charge is 2.25. The summed E-state index contributed by atoms with van der Waals surface area (Å²) >= 11 is 0. The Kier molecular flexibility index (Phi) is 11.6. The second-order valence-corrected chi connectivity index (χ2v) is 19.3. The molecule has 7 aromatic carbocycles.